The molecule has 1 aromatic heterocycles. The van der Waals surface area contributed by atoms with Crippen LogP contribution in [-0.2, 0) is 0 Å². The third-order valence-electron chi connectivity index (χ3n) is 3.06. The van der Waals surface area contributed by atoms with E-state index in [1.165, 1.54) is 0 Å². The fraction of sp³-hybridized carbons (Fsp3) is 0.375. The summed E-state index contributed by atoms with van der Waals surface area (Å²) < 4.78 is 8.19. The number of aromatic nitrogens is 2. The third kappa shape index (κ3) is 3.82. The zero-order valence-electron chi connectivity index (χ0n) is 13.6. The number of aryl methyl sites for hydroxylation is 2. The van der Waals surface area contributed by atoms with Crippen LogP contribution in [0.15, 0.2) is 35.6 Å². The number of imidazole rings is 1. The fourth-order valence-electron chi connectivity index (χ4n) is 2.11. The predicted molar refractivity (Wildman–Crippen MR) is 90.3 cm³/mol. The van der Waals surface area contributed by atoms with Gasteiger partial charge in [0.15, 0.2) is 0 Å². The summed E-state index contributed by atoms with van der Waals surface area (Å²) in [5.74, 6) is 2.71. The Morgan fingerprint density at radius 3 is 2.52 bits per heavy atom. The number of benzene rings is 1. The minimum Gasteiger partial charge on any atom is -0.543 e. The zero-order chi connectivity index (χ0) is 15.6. The first-order chi connectivity index (χ1) is 9.78. The molecule has 21 heavy (non-hydrogen) atoms. The summed E-state index contributed by atoms with van der Waals surface area (Å²) >= 11 is 0. The molecule has 2 rings (SSSR count). The Kier molecular flexibility index (Phi) is 4.32. The van der Waals surface area contributed by atoms with E-state index in [0.29, 0.717) is 0 Å². The molecule has 0 aliphatic carbocycles. The monoisotopic (exact) mass is 301 g/mol. The summed E-state index contributed by atoms with van der Waals surface area (Å²) in [6, 6.07) is 6.07. The molecular weight excluding hydrogens is 278 g/mol. The second kappa shape index (κ2) is 5.85. The van der Waals surface area contributed by atoms with Crippen molar-refractivity contribution >= 4 is 19.8 Å². The average molecular weight is 301 g/mol. The topological polar surface area (TPSA) is 39.4 Å². The van der Waals surface area contributed by atoms with Gasteiger partial charge in [0.25, 0.3) is 0 Å². The highest BCUT2D eigenvalue weighted by Crippen LogP contribution is 2.33. The SMILES string of the molecule is CC(=Nc1cccc(C)c1O[Si](C)(C)C)n1ccnc1C. The van der Waals surface area contributed by atoms with Crippen molar-refractivity contribution in [2.45, 2.75) is 40.4 Å². The van der Waals surface area contributed by atoms with Crippen LogP contribution in [0.2, 0.25) is 19.6 Å². The lowest BCUT2D eigenvalue weighted by Gasteiger charge is -2.22. The van der Waals surface area contributed by atoms with Crippen LogP contribution in [0.5, 0.6) is 5.75 Å². The normalized spacial score (nSPS) is 12.6. The van der Waals surface area contributed by atoms with Crippen LogP contribution in [0.3, 0.4) is 0 Å². The summed E-state index contributed by atoms with van der Waals surface area (Å²) in [4.78, 5) is 8.98. The summed E-state index contributed by atoms with van der Waals surface area (Å²) in [7, 11) is -1.68. The molecule has 5 heteroatoms. The van der Waals surface area contributed by atoms with Crippen molar-refractivity contribution in [1.29, 1.82) is 0 Å². The number of rotatable bonds is 3. The Hall–Kier alpha value is -1.88. The van der Waals surface area contributed by atoms with Gasteiger partial charge in [-0.2, -0.15) is 0 Å². The van der Waals surface area contributed by atoms with E-state index < -0.39 is 8.32 Å². The average Bonchev–Trinajstić information content (AvgIpc) is 2.78. The first kappa shape index (κ1) is 15.5. The zero-order valence-corrected chi connectivity index (χ0v) is 14.6. The smallest absolute Gasteiger partial charge is 0.242 e. The molecule has 0 atom stereocenters. The molecule has 1 aromatic carbocycles. The quantitative estimate of drug-likeness (QED) is 0.481. The number of aliphatic imine (C=N–C) groups is 1. The number of nitrogens with zero attached hydrogens (tertiary/aromatic N) is 3. The molecule has 0 saturated carbocycles. The molecule has 0 amide bonds. The highest BCUT2D eigenvalue weighted by molar-refractivity contribution is 6.70. The van der Waals surface area contributed by atoms with Crippen LogP contribution < -0.4 is 4.43 Å². The Labute approximate surface area is 127 Å². The van der Waals surface area contributed by atoms with E-state index in [1.54, 1.807) is 6.20 Å². The molecule has 0 fully saturated rings. The van der Waals surface area contributed by atoms with Crippen molar-refractivity contribution in [3.8, 4) is 5.75 Å². The second-order valence-corrected chi connectivity index (χ2v) is 10.6. The van der Waals surface area contributed by atoms with Gasteiger partial charge in [-0.3, -0.25) is 4.57 Å². The molecule has 0 radical (unpaired) electrons. The van der Waals surface area contributed by atoms with Gasteiger partial charge in [-0.25, -0.2) is 9.98 Å². The maximum atomic E-state index is 6.22. The second-order valence-electron chi connectivity index (χ2n) is 6.14. The molecule has 0 unspecified atom stereocenters. The van der Waals surface area contributed by atoms with E-state index in [2.05, 4.69) is 37.6 Å². The molecule has 1 heterocycles. The van der Waals surface area contributed by atoms with Gasteiger partial charge >= 0.3 is 0 Å². The molecule has 2 aromatic rings. The van der Waals surface area contributed by atoms with Crippen molar-refractivity contribution in [2.24, 2.45) is 4.99 Å². The fourth-order valence-corrected chi connectivity index (χ4v) is 2.99. The molecular formula is C16H23N3OSi. The summed E-state index contributed by atoms with van der Waals surface area (Å²) in [6.45, 7) is 12.6. The number of hydrogen-bond donors (Lipinski definition) is 0. The minimum atomic E-state index is -1.68. The molecule has 0 saturated heterocycles. The number of para-hydroxylation sites is 1. The van der Waals surface area contributed by atoms with Crippen molar-refractivity contribution in [3.05, 3.63) is 42.0 Å². The highest BCUT2D eigenvalue weighted by atomic mass is 28.4. The van der Waals surface area contributed by atoms with E-state index in [4.69, 9.17) is 9.42 Å². The van der Waals surface area contributed by atoms with E-state index in [0.717, 1.165) is 28.7 Å². The molecule has 4 nitrogen and oxygen atoms in total. The molecule has 0 N–H and O–H groups in total. The Morgan fingerprint density at radius 2 is 1.95 bits per heavy atom. The number of hydrogen-bond acceptors (Lipinski definition) is 3. The molecule has 0 aliphatic rings. The maximum Gasteiger partial charge on any atom is 0.242 e. The first-order valence-corrected chi connectivity index (χ1v) is 10.5. The van der Waals surface area contributed by atoms with Crippen LogP contribution in [0.1, 0.15) is 18.3 Å². The van der Waals surface area contributed by atoms with E-state index in [9.17, 15) is 0 Å². The minimum absolute atomic E-state index is 0.878. The molecule has 0 aliphatic heterocycles. The lowest BCUT2D eigenvalue weighted by atomic mass is 10.2. The lowest BCUT2D eigenvalue weighted by Crippen LogP contribution is -2.29. The molecule has 112 valence electrons. The Bertz CT molecular complexity index is 668. The highest BCUT2D eigenvalue weighted by Gasteiger charge is 2.19. The third-order valence-corrected chi connectivity index (χ3v) is 3.87. The lowest BCUT2D eigenvalue weighted by molar-refractivity contribution is 0.554. The molecule has 0 spiro atoms. The standard InChI is InChI=1S/C16H23N3OSi/c1-12-8-7-9-15(16(12)20-21(4,5)6)18-14(3)19-11-10-17-13(19)2/h7-11H,1-6H3. The summed E-state index contributed by atoms with van der Waals surface area (Å²) in [6.07, 6.45) is 3.70. The van der Waals surface area contributed by atoms with Crippen LogP contribution in [0.4, 0.5) is 5.69 Å². The Balaban J connectivity index is 2.45. The summed E-state index contributed by atoms with van der Waals surface area (Å²) in [5, 5.41) is 0. The van der Waals surface area contributed by atoms with Gasteiger partial charge in [0.05, 0.1) is 0 Å². The largest absolute Gasteiger partial charge is 0.543 e. The van der Waals surface area contributed by atoms with Gasteiger partial charge < -0.3 is 4.43 Å². The predicted octanol–water partition coefficient (Wildman–Crippen LogP) is 4.31. The Morgan fingerprint density at radius 1 is 1.24 bits per heavy atom. The molecule has 0 bridgehead atoms. The van der Waals surface area contributed by atoms with Crippen LogP contribution >= 0.6 is 0 Å². The van der Waals surface area contributed by atoms with E-state index in [1.807, 2.05) is 36.7 Å². The van der Waals surface area contributed by atoms with Crippen molar-refractivity contribution in [3.63, 3.8) is 0 Å². The first-order valence-electron chi connectivity index (χ1n) is 7.12. The van der Waals surface area contributed by atoms with Crippen molar-refractivity contribution < 1.29 is 4.43 Å². The van der Waals surface area contributed by atoms with Crippen LogP contribution in [0, 0.1) is 13.8 Å². The van der Waals surface area contributed by atoms with Crippen LogP contribution in [0.25, 0.3) is 0 Å². The van der Waals surface area contributed by atoms with Gasteiger partial charge in [-0.1, -0.05) is 12.1 Å². The van der Waals surface area contributed by atoms with E-state index >= 15 is 0 Å². The van der Waals surface area contributed by atoms with Crippen molar-refractivity contribution in [2.75, 3.05) is 0 Å². The van der Waals surface area contributed by atoms with E-state index in [-0.39, 0.29) is 0 Å². The van der Waals surface area contributed by atoms with Gasteiger partial charge in [-0.05, 0) is 52.0 Å². The van der Waals surface area contributed by atoms with Crippen LogP contribution in [-0.4, -0.2) is 23.7 Å². The van der Waals surface area contributed by atoms with Gasteiger partial charge in [0, 0.05) is 12.4 Å². The van der Waals surface area contributed by atoms with Gasteiger partial charge in [-0.15, -0.1) is 0 Å². The van der Waals surface area contributed by atoms with Gasteiger partial charge in [0.2, 0.25) is 8.32 Å². The van der Waals surface area contributed by atoms with Crippen molar-refractivity contribution in [1.82, 2.24) is 9.55 Å². The maximum absolute atomic E-state index is 6.22. The van der Waals surface area contributed by atoms with Gasteiger partial charge in [0.1, 0.15) is 23.1 Å². The summed E-state index contributed by atoms with van der Waals surface area (Å²) in [5.41, 5.74) is 2.00.